The van der Waals surface area contributed by atoms with Crippen molar-refractivity contribution in [1.29, 1.82) is 0 Å². The van der Waals surface area contributed by atoms with Gasteiger partial charge in [0.05, 0.1) is 5.52 Å². The van der Waals surface area contributed by atoms with Crippen molar-refractivity contribution in [1.82, 2.24) is 4.57 Å². The second-order valence-corrected chi connectivity index (χ2v) is 4.32. The number of hydrogen-bond acceptors (Lipinski definition) is 2. The SMILES string of the molecule is Cc1cc(=O)n(C)c2cc(N(C)C)ccc12. The Bertz CT molecular complexity index is 597. The number of aryl methyl sites for hydroxylation is 2. The fraction of sp³-hybridized carbons (Fsp3) is 0.308. The van der Waals surface area contributed by atoms with E-state index in [1.165, 1.54) is 0 Å². The Kier molecular flexibility index (Phi) is 2.46. The third-order valence-corrected chi connectivity index (χ3v) is 2.95. The van der Waals surface area contributed by atoms with E-state index in [1.807, 2.05) is 39.0 Å². The summed E-state index contributed by atoms with van der Waals surface area (Å²) >= 11 is 0. The van der Waals surface area contributed by atoms with Crippen LogP contribution in [0.25, 0.3) is 10.9 Å². The van der Waals surface area contributed by atoms with Crippen molar-refractivity contribution in [2.24, 2.45) is 7.05 Å². The number of pyridine rings is 1. The summed E-state index contributed by atoms with van der Waals surface area (Å²) in [6, 6.07) is 7.86. The number of hydrogen-bond donors (Lipinski definition) is 0. The second kappa shape index (κ2) is 3.67. The van der Waals surface area contributed by atoms with Crippen LogP contribution < -0.4 is 10.5 Å². The quantitative estimate of drug-likeness (QED) is 0.727. The molecule has 0 atom stereocenters. The molecule has 1 heterocycles. The molecule has 2 aromatic rings. The number of nitrogens with zero attached hydrogens (tertiary/aromatic N) is 2. The first-order valence-electron chi connectivity index (χ1n) is 5.28. The molecule has 0 aliphatic rings. The van der Waals surface area contributed by atoms with E-state index in [4.69, 9.17) is 0 Å². The second-order valence-electron chi connectivity index (χ2n) is 4.32. The van der Waals surface area contributed by atoms with Crippen molar-refractivity contribution in [2.75, 3.05) is 19.0 Å². The van der Waals surface area contributed by atoms with Gasteiger partial charge >= 0.3 is 0 Å². The van der Waals surface area contributed by atoms with Gasteiger partial charge in [-0.3, -0.25) is 4.79 Å². The van der Waals surface area contributed by atoms with Crippen LogP contribution in [-0.2, 0) is 7.05 Å². The summed E-state index contributed by atoms with van der Waals surface area (Å²) in [5, 5.41) is 1.13. The van der Waals surface area contributed by atoms with Crippen molar-refractivity contribution in [3.05, 3.63) is 40.2 Å². The zero-order valence-corrected chi connectivity index (χ0v) is 10.1. The standard InChI is InChI=1S/C13H16N2O/c1-9-7-13(16)15(4)12-8-10(14(2)3)5-6-11(9)12/h5-8H,1-4H3. The van der Waals surface area contributed by atoms with Gasteiger partial charge < -0.3 is 9.47 Å². The third kappa shape index (κ3) is 1.58. The van der Waals surface area contributed by atoms with E-state index in [9.17, 15) is 4.79 Å². The Balaban J connectivity index is 2.86. The highest BCUT2D eigenvalue weighted by atomic mass is 16.1. The Morgan fingerprint density at radius 1 is 1.19 bits per heavy atom. The largest absolute Gasteiger partial charge is 0.378 e. The van der Waals surface area contributed by atoms with Gasteiger partial charge in [-0.2, -0.15) is 0 Å². The molecule has 84 valence electrons. The predicted molar refractivity (Wildman–Crippen MR) is 68.3 cm³/mol. The summed E-state index contributed by atoms with van der Waals surface area (Å²) in [4.78, 5) is 13.7. The lowest BCUT2D eigenvalue weighted by Gasteiger charge is -2.15. The monoisotopic (exact) mass is 216 g/mol. The minimum atomic E-state index is 0.0425. The van der Waals surface area contributed by atoms with Crippen LogP contribution in [0.1, 0.15) is 5.56 Å². The highest BCUT2D eigenvalue weighted by Gasteiger charge is 2.05. The van der Waals surface area contributed by atoms with Gasteiger partial charge in [0.2, 0.25) is 0 Å². The van der Waals surface area contributed by atoms with Crippen molar-refractivity contribution in [2.45, 2.75) is 6.92 Å². The highest BCUT2D eigenvalue weighted by molar-refractivity contribution is 5.85. The van der Waals surface area contributed by atoms with E-state index in [2.05, 4.69) is 12.1 Å². The minimum absolute atomic E-state index is 0.0425. The molecular formula is C13H16N2O. The predicted octanol–water partition coefficient (Wildman–Crippen LogP) is 1.91. The van der Waals surface area contributed by atoms with Crippen LogP contribution in [0.3, 0.4) is 0 Å². The zero-order valence-electron chi connectivity index (χ0n) is 10.1. The molecule has 0 unspecified atom stereocenters. The summed E-state index contributed by atoms with van der Waals surface area (Å²) in [5.74, 6) is 0. The third-order valence-electron chi connectivity index (χ3n) is 2.95. The van der Waals surface area contributed by atoms with Gasteiger partial charge in [-0.05, 0) is 24.6 Å². The topological polar surface area (TPSA) is 25.2 Å². The molecule has 1 aromatic carbocycles. The summed E-state index contributed by atoms with van der Waals surface area (Å²) in [6.45, 7) is 1.97. The van der Waals surface area contributed by atoms with Crippen LogP contribution in [0.15, 0.2) is 29.1 Å². The van der Waals surface area contributed by atoms with Gasteiger partial charge in [0, 0.05) is 38.3 Å². The molecule has 0 saturated carbocycles. The molecule has 0 aliphatic heterocycles. The van der Waals surface area contributed by atoms with Crippen molar-refractivity contribution < 1.29 is 0 Å². The number of benzene rings is 1. The summed E-state index contributed by atoms with van der Waals surface area (Å²) in [6.07, 6.45) is 0. The molecule has 0 N–H and O–H groups in total. The van der Waals surface area contributed by atoms with Crippen LogP contribution in [-0.4, -0.2) is 18.7 Å². The Labute approximate surface area is 94.9 Å². The molecule has 0 spiro atoms. The van der Waals surface area contributed by atoms with E-state index in [1.54, 1.807) is 10.6 Å². The lowest BCUT2D eigenvalue weighted by molar-refractivity contribution is 0.902. The summed E-state index contributed by atoms with van der Waals surface area (Å²) < 4.78 is 1.69. The molecule has 3 heteroatoms. The van der Waals surface area contributed by atoms with Crippen molar-refractivity contribution >= 4 is 16.6 Å². The Morgan fingerprint density at radius 2 is 1.88 bits per heavy atom. The van der Waals surface area contributed by atoms with Gasteiger partial charge in [0.25, 0.3) is 5.56 Å². The fourth-order valence-corrected chi connectivity index (χ4v) is 1.89. The van der Waals surface area contributed by atoms with E-state index in [0.29, 0.717) is 0 Å². The molecule has 0 radical (unpaired) electrons. The molecule has 0 bridgehead atoms. The number of anilines is 1. The molecule has 0 amide bonds. The first-order chi connectivity index (χ1) is 7.50. The molecule has 3 nitrogen and oxygen atoms in total. The summed E-state index contributed by atoms with van der Waals surface area (Å²) in [7, 11) is 5.80. The Hall–Kier alpha value is -1.77. The number of fused-ring (bicyclic) bond motifs is 1. The maximum absolute atomic E-state index is 11.7. The van der Waals surface area contributed by atoms with Crippen LogP contribution in [0.5, 0.6) is 0 Å². The maximum Gasteiger partial charge on any atom is 0.251 e. The van der Waals surface area contributed by atoms with Crippen molar-refractivity contribution in [3.8, 4) is 0 Å². The smallest absolute Gasteiger partial charge is 0.251 e. The number of aromatic nitrogens is 1. The lowest BCUT2D eigenvalue weighted by Crippen LogP contribution is -2.17. The number of rotatable bonds is 1. The van der Waals surface area contributed by atoms with Gasteiger partial charge in [0.1, 0.15) is 0 Å². The van der Waals surface area contributed by atoms with Crippen LogP contribution in [0.4, 0.5) is 5.69 Å². The molecule has 0 saturated heterocycles. The van der Waals surface area contributed by atoms with Gasteiger partial charge in [-0.1, -0.05) is 6.07 Å². The molecular weight excluding hydrogens is 200 g/mol. The Morgan fingerprint density at radius 3 is 2.50 bits per heavy atom. The first-order valence-corrected chi connectivity index (χ1v) is 5.28. The van der Waals surface area contributed by atoms with E-state index >= 15 is 0 Å². The van der Waals surface area contributed by atoms with E-state index in [-0.39, 0.29) is 5.56 Å². The van der Waals surface area contributed by atoms with Crippen LogP contribution >= 0.6 is 0 Å². The first kappa shape index (κ1) is 10.7. The lowest BCUT2D eigenvalue weighted by atomic mass is 10.1. The van der Waals surface area contributed by atoms with Gasteiger partial charge in [0.15, 0.2) is 0 Å². The average Bonchev–Trinajstić information content (AvgIpc) is 2.25. The molecule has 16 heavy (non-hydrogen) atoms. The van der Waals surface area contributed by atoms with E-state index in [0.717, 1.165) is 22.2 Å². The average molecular weight is 216 g/mol. The minimum Gasteiger partial charge on any atom is -0.378 e. The van der Waals surface area contributed by atoms with Gasteiger partial charge in [-0.25, -0.2) is 0 Å². The van der Waals surface area contributed by atoms with Crippen LogP contribution in [0, 0.1) is 6.92 Å². The van der Waals surface area contributed by atoms with Crippen LogP contribution in [0.2, 0.25) is 0 Å². The maximum atomic E-state index is 11.7. The normalized spacial score (nSPS) is 10.8. The zero-order chi connectivity index (χ0) is 11.9. The molecule has 2 rings (SSSR count). The van der Waals surface area contributed by atoms with Crippen molar-refractivity contribution in [3.63, 3.8) is 0 Å². The van der Waals surface area contributed by atoms with Gasteiger partial charge in [-0.15, -0.1) is 0 Å². The fourth-order valence-electron chi connectivity index (χ4n) is 1.89. The molecule has 0 fully saturated rings. The molecule has 0 aliphatic carbocycles. The van der Waals surface area contributed by atoms with E-state index < -0.39 is 0 Å². The highest BCUT2D eigenvalue weighted by Crippen LogP contribution is 2.21. The molecule has 1 aromatic heterocycles. The summed E-state index contributed by atoms with van der Waals surface area (Å²) in [5.41, 5.74) is 3.16.